The smallest absolute Gasteiger partial charge is 0.336 e. The van der Waals surface area contributed by atoms with Crippen molar-refractivity contribution in [2.24, 2.45) is 0 Å². The third kappa shape index (κ3) is 2.14. The van der Waals surface area contributed by atoms with Gasteiger partial charge in [-0.05, 0) is 35.0 Å². The van der Waals surface area contributed by atoms with Crippen molar-refractivity contribution >= 4 is 35.3 Å². The van der Waals surface area contributed by atoms with E-state index in [9.17, 15) is 19.2 Å². The minimum Gasteiger partial charge on any atom is -0.478 e. The molecule has 0 bridgehead atoms. The molecule has 0 aliphatic rings. The molecule has 0 aliphatic heterocycles. The van der Waals surface area contributed by atoms with E-state index in [0.717, 1.165) is 0 Å². The van der Waals surface area contributed by atoms with Crippen LogP contribution in [-0.4, -0.2) is 34.7 Å². The molecule has 0 atom stereocenters. The van der Waals surface area contributed by atoms with Gasteiger partial charge in [0.05, 0.1) is 11.1 Å². The number of rotatable bonds is 4. The molecule has 0 fully saturated rings. The number of carbonyl (C=O) groups is 4. The maximum Gasteiger partial charge on any atom is 0.336 e. The molecule has 6 heteroatoms. The number of hydrogen-bond donors (Lipinski definition) is 2. The SMILES string of the molecule is O=Cc1cc2cc(C(=O)O)c(C(=O)O)cc2cc1C=O. The molecule has 0 spiro atoms. The van der Waals surface area contributed by atoms with Gasteiger partial charge in [0.25, 0.3) is 0 Å². The third-order valence-electron chi connectivity index (χ3n) is 2.89. The van der Waals surface area contributed by atoms with Crippen LogP contribution in [-0.2, 0) is 0 Å². The van der Waals surface area contributed by atoms with Crippen LogP contribution in [0, 0.1) is 0 Å². The van der Waals surface area contributed by atoms with E-state index in [2.05, 4.69) is 0 Å². The summed E-state index contributed by atoms with van der Waals surface area (Å²) in [5.74, 6) is -2.76. The summed E-state index contributed by atoms with van der Waals surface area (Å²) >= 11 is 0. The quantitative estimate of drug-likeness (QED) is 0.822. The Morgan fingerprint density at radius 3 is 1.35 bits per heavy atom. The van der Waals surface area contributed by atoms with Crippen molar-refractivity contribution in [1.82, 2.24) is 0 Å². The second-order valence-corrected chi connectivity index (χ2v) is 4.07. The van der Waals surface area contributed by atoms with Crippen molar-refractivity contribution in [3.8, 4) is 0 Å². The standard InChI is InChI=1S/C14H8O6/c15-5-9-1-7-3-11(13(17)18)12(14(19)20)4-8(7)2-10(9)6-16/h1-6H,(H,17,18)(H,19,20). The van der Waals surface area contributed by atoms with E-state index in [1.807, 2.05) is 0 Å². The van der Waals surface area contributed by atoms with Crippen LogP contribution in [0.25, 0.3) is 10.8 Å². The average Bonchev–Trinajstić information content (AvgIpc) is 2.43. The van der Waals surface area contributed by atoms with Crippen LogP contribution in [0.1, 0.15) is 41.4 Å². The van der Waals surface area contributed by atoms with Gasteiger partial charge in [-0.25, -0.2) is 9.59 Å². The van der Waals surface area contributed by atoms with Crippen LogP contribution >= 0.6 is 0 Å². The Kier molecular flexibility index (Phi) is 3.30. The molecule has 2 aromatic carbocycles. The molecule has 0 saturated carbocycles. The van der Waals surface area contributed by atoms with E-state index >= 15 is 0 Å². The molecule has 2 aromatic rings. The summed E-state index contributed by atoms with van der Waals surface area (Å²) in [6, 6.07) is 5.04. The largest absolute Gasteiger partial charge is 0.478 e. The lowest BCUT2D eigenvalue weighted by Crippen LogP contribution is -2.08. The highest BCUT2D eigenvalue weighted by Gasteiger charge is 2.17. The van der Waals surface area contributed by atoms with Gasteiger partial charge in [-0.15, -0.1) is 0 Å². The van der Waals surface area contributed by atoms with Crippen LogP contribution in [0.2, 0.25) is 0 Å². The van der Waals surface area contributed by atoms with Crippen molar-refractivity contribution in [1.29, 1.82) is 0 Å². The molecule has 0 aromatic heterocycles. The molecule has 20 heavy (non-hydrogen) atoms. The van der Waals surface area contributed by atoms with Gasteiger partial charge < -0.3 is 10.2 Å². The summed E-state index contributed by atoms with van der Waals surface area (Å²) in [6.07, 6.45) is 0.962. The first-order chi connectivity index (χ1) is 9.47. The number of aromatic carboxylic acids is 2. The summed E-state index contributed by atoms with van der Waals surface area (Å²) in [4.78, 5) is 43.8. The highest BCUT2D eigenvalue weighted by Crippen LogP contribution is 2.23. The van der Waals surface area contributed by atoms with E-state index in [-0.39, 0.29) is 22.3 Å². The zero-order valence-corrected chi connectivity index (χ0v) is 9.99. The zero-order valence-electron chi connectivity index (χ0n) is 9.99. The van der Waals surface area contributed by atoms with Gasteiger partial charge in [0.1, 0.15) is 0 Å². The predicted octanol–water partition coefficient (Wildman–Crippen LogP) is 1.86. The monoisotopic (exact) mass is 272 g/mol. The number of carboxylic acids is 2. The van der Waals surface area contributed by atoms with Gasteiger partial charge in [0, 0.05) is 11.1 Å². The Balaban J connectivity index is 2.87. The van der Waals surface area contributed by atoms with Gasteiger partial charge in [0.2, 0.25) is 0 Å². The minimum atomic E-state index is -1.38. The highest BCUT2D eigenvalue weighted by molar-refractivity contribution is 6.08. The Morgan fingerprint density at radius 1 is 0.750 bits per heavy atom. The molecule has 6 nitrogen and oxygen atoms in total. The summed E-state index contributed by atoms with van der Waals surface area (Å²) in [5, 5.41) is 18.8. The van der Waals surface area contributed by atoms with Crippen molar-refractivity contribution < 1.29 is 29.4 Å². The van der Waals surface area contributed by atoms with Gasteiger partial charge >= 0.3 is 11.9 Å². The van der Waals surface area contributed by atoms with Crippen molar-refractivity contribution in [2.75, 3.05) is 0 Å². The van der Waals surface area contributed by atoms with E-state index in [4.69, 9.17) is 10.2 Å². The lowest BCUT2D eigenvalue weighted by atomic mass is 9.97. The molecule has 0 unspecified atom stereocenters. The van der Waals surface area contributed by atoms with Crippen LogP contribution in [0.3, 0.4) is 0 Å². The van der Waals surface area contributed by atoms with E-state index in [0.29, 0.717) is 23.3 Å². The van der Waals surface area contributed by atoms with Gasteiger partial charge in [-0.2, -0.15) is 0 Å². The second-order valence-electron chi connectivity index (χ2n) is 4.07. The topological polar surface area (TPSA) is 109 Å². The molecule has 0 heterocycles. The number of aldehydes is 2. The van der Waals surface area contributed by atoms with Gasteiger partial charge in [0.15, 0.2) is 12.6 Å². The molecule has 2 N–H and O–H groups in total. The normalized spacial score (nSPS) is 10.2. The molecule has 100 valence electrons. The molecule has 0 saturated heterocycles. The number of carboxylic acid groups (broad SMARTS) is 2. The predicted molar refractivity (Wildman–Crippen MR) is 68.6 cm³/mol. The minimum absolute atomic E-state index is 0.118. The maximum atomic E-state index is 11.1. The Hall–Kier alpha value is -3.02. The first-order valence-corrected chi connectivity index (χ1v) is 5.46. The van der Waals surface area contributed by atoms with E-state index < -0.39 is 11.9 Å². The fourth-order valence-electron chi connectivity index (χ4n) is 1.94. The highest BCUT2D eigenvalue weighted by atomic mass is 16.4. The van der Waals surface area contributed by atoms with Crippen LogP contribution in [0.5, 0.6) is 0 Å². The summed E-state index contributed by atoms with van der Waals surface area (Å²) < 4.78 is 0. The van der Waals surface area contributed by atoms with Crippen molar-refractivity contribution in [2.45, 2.75) is 0 Å². The molecule has 0 aliphatic carbocycles. The fraction of sp³-hybridized carbons (Fsp3) is 0. The molecule has 2 rings (SSSR count). The number of benzene rings is 2. The fourth-order valence-corrected chi connectivity index (χ4v) is 1.94. The summed E-state index contributed by atoms with van der Waals surface area (Å²) in [6.45, 7) is 0. The zero-order chi connectivity index (χ0) is 14.9. The number of fused-ring (bicyclic) bond motifs is 1. The van der Waals surface area contributed by atoms with Crippen LogP contribution in [0.15, 0.2) is 24.3 Å². The summed E-state index contributed by atoms with van der Waals surface area (Å²) in [7, 11) is 0. The second kappa shape index (κ2) is 4.93. The van der Waals surface area contributed by atoms with E-state index in [1.54, 1.807) is 0 Å². The maximum absolute atomic E-state index is 11.1. The van der Waals surface area contributed by atoms with Crippen molar-refractivity contribution in [3.63, 3.8) is 0 Å². The summed E-state index contributed by atoms with van der Waals surface area (Å²) in [5.41, 5.74) is -0.514. The van der Waals surface area contributed by atoms with Gasteiger partial charge in [-0.3, -0.25) is 9.59 Å². The lowest BCUT2D eigenvalue weighted by molar-refractivity contribution is 0.0652. The number of carbonyl (C=O) groups excluding carboxylic acids is 2. The molecular weight excluding hydrogens is 264 g/mol. The molecule has 0 amide bonds. The Morgan fingerprint density at radius 2 is 1.10 bits per heavy atom. The lowest BCUT2D eigenvalue weighted by Gasteiger charge is -2.07. The molecule has 0 radical (unpaired) electrons. The van der Waals surface area contributed by atoms with Crippen LogP contribution in [0.4, 0.5) is 0 Å². The van der Waals surface area contributed by atoms with E-state index in [1.165, 1.54) is 24.3 Å². The van der Waals surface area contributed by atoms with Crippen LogP contribution < -0.4 is 0 Å². The number of hydrogen-bond acceptors (Lipinski definition) is 4. The van der Waals surface area contributed by atoms with Gasteiger partial charge in [-0.1, -0.05) is 0 Å². The average molecular weight is 272 g/mol. The van der Waals surface area contributed by atoms with Crippen molar-refractivity contribution in [3.05, 3.63) is 46.5 Å². The first kappa shape index (κ1) is 13.4. The first-order valence-electron chi connectivity index (χ1n) is 5.46. The third-order valence-corrected chi connectivity index (χ3v) is 2.89. The Bertz CT molecular complexity index is 695. The Labute approximate surface area is 112 Å². The molecular formula is C14H8O6.